The molecule has 66 valence electrons. The molecule has 0 saturated heterocycles. The second kappa shape index (κ2) is 4.06. The van der Waals surface area contributed by atoms with Gasteiger partial charge in [-0.25, -0.2) is 0 Å². The topological polar surface area (TPSA) is 20.2 Å². The van der Waals surface area contributed by atoms with E-state index in [1.807, 2.05) is 13.0 Å². The molecule has 12 heavy (non-hydrogen) atoms. The van der Waals surface area contributed by atoms with Gasteiger partial charge in [-0.1, -0.05) is 28.9 Å². The number of aliphatic hydroxyl groups excluding tert-OH is 1. The molecule has 0 aliphatic heterocycles. The maximum absolute atomic E-state index is 8.97. The standard InChI is InChI=1S/C10H13BrO/c1-7-5-9(11)3-4-10(7)8(2)6-12/h3-5,8,12H,6H2,1-2H3/t8-/m0/s1. The third-order valence-corrected chi connectivity index (χ3v) is 2.53. The molecule has 2 heteroatoms. The third kappa shape index (κ3) is 2.08. The van der Waals surface area contributed by atoms with Crippen LogP contribution >= 0.6 is 15.9 Å². The van der Waals surface area contributed by atoms with Crippen molar-refractivity contribution >= 4 is 15.9 Å². The fourth-order valence-electron chi connectivity index (χ4n) is 1.29. The summed E-state index contributed by atoms with van der Waals surface area (Å²) in [5.74, 6) is 0.234. The fourth-order valence-corrected chi connectivity index (χ4v) is 1.77. The van der Waals surface area contributed by atoms with Gasteiger partial charge in [0, 0.05) is 17.0 Å². The molecule has 0 fully saturated rings. The first-order valence-electron chi connectivity index (χ1n) is 4.02. The Morgan fingerprint density at radius 3 is 2.67 bits per heavy atom. The van der Waals surface area contributed by atoms with Crippen molar-refractivity contribution in [3.63, 3.8) is 0 Å². The van der Waals surface area contributed by atoms with Crippen molar-refractivity contribution in [3.05, 3.63) is 33.8 Å². The monoisotopic (exact) mass is 228 g/mol. The van der Waals surface area contributed by atoms with Gasteiger partial charge in [-0.2, -0.15) is 0 Å². The molecule has 1 N–H and O–H groups in total. The van der Waals surface area contributed by atoms with Crippen molar-refractivity contribution < 1.29 is 5.11 Å². The van der Waals surface area contributed by atoms with Crippen molar-refractivity contribution in [1.29, 1.82) is 0 Å². The van der Waals surface area contributed by atoms with Gasteiger partial charge in [-0.3, -0.25) is 0 Å². The average molecular weight is 229 g/mol. The molecule has 0 aliphatic rings. The van der Waals surface area contributed by atoms with E-state index >= 15 is 0 Å². The van der Waals surface area contributed by atoms with Gasteiger partial charge in [0.2, 0.25) is 0 Å². The summed E-state index contributed by atoms with van der Waals surface area (Å²) in [7, 11) is 0. The van der Waals surface area contributed by atoms with Crippen molar-refractivity contribution in [1.82, 2.24) is 0 Å². The molecule has 0 heterocycles. The maximum Gasteiger partial charge on any atom is 0.0497 e. The zero-order valence-electron chi connectivity index (χ0n) is 7.34. The molecule has 0 aromatic heterocycles. The van der Waals surface area contributed by atoms with Gasteiger partial charge in [0.1, 0.15) is 0 Å². The first-order valence-corrected chi connectivity index (χ1v) is 4.81. The summed E-state index contributed by atoms with van der Waals surface area (Å²) in [5.41, 5.74) is 2.45. The predicted octanol–water partition coefficient (Wildman–Crippen LogP) is 2.85. The third-order valence-electron chi connectivity index (χ3n) is 2.04. The summed E-state index contributed by atoms with van der Waals surface area (Å²) in [6.07, 6.45) is 0. The molecule has 1 rings (SSSR count). The van der Waals surface area contributed by atoms with E-state index in [2.05, 4.69) is 35.0 Å². The highest BCUT2D eigenvalue weighted by Gasteiger charge is 2.06. The van der Waals surface area contributed by atoms with Crippen LogP contribution in [0.25, 0.3) is 0 Å². The minimum Gasteiger partial charge on any atom is -0.396 e. The minimum absolute atomic E-state index is 0.211. The van der Waals surface area contributed by atoms with Gasteiger partial charge < -0.3 is 5.11 Å². The summed E-state index contributed by atoms with van der Waals surface area (Å²) in [6, 6.07) is 6.14. The average Bonchev–Trinajstić information content (AvgIpc) is 2.03. The summed E-state index contributed by atoms with van der Waals surface area (Å²) >= 11 is 3.40. The fraction of sp³-hybridized carbons (Fsp3) is 0.400. The quantitative estimate of drug-likeness (QED) is 0.826. The molecule has 0 radical (unpaired) electrons. The van der Waals surface area contributed by atoms with Gasteiger partial charge in [-0.15, -0.1) is 0 Å². The second-order valence-corrected chi connectivity index (χ2v) is 4.00. The highest BCUT2D eigenvalue weighted by Crippen LogP contribution is 2.22. The largest absolute Gasteiger partial charge is 0.396 e. The van der Waals surface area contributed by atoms with Crippen LogP contribution in [-0.2, 0) is 0 Å². The van der Waals surface area contributed by atoms with E-state index in [-0.39, 0.29) is 12.5 Å². The van der Waals surface area contributed by atoms with Crippen LogP contribution in [0.5, 0.6) is 0 Å². The smallest absolute Gasteiger partial charge is 0.0497 e. The molecular formula is C10H13BrO. The summed E-state index contributed by atoms with van der Waals surface area (Å²) in [4.78, 5) is 0. The van der Waals surface area contributed by atoms with Crippen LogP contribution in [0.2, 0.25) is 0 Å². The lowest BCUT2D eigenvalue weighted by Crippen LogP contribution is -2.00. The highest BCUT2D eigenvalue weighted by atomic mass is 79.9. The van der Waals surface area contributed by atoms with E-state index in [1.54, 1.807) is 0 Å². The number of hydrogen-bond acceptors (Lipinski definition) is 1. The SMILES string of the molecule is Cc1cc(Br)ccc1[C@@H](C)CO. The van der Waals surface area contributed by atoms with E-state index in [0.717, 1.165) is 4.47 Å². The lowest BCUT2D eigenvalue weighted by atomic mass is 9.97. The molecule has 0 unspecified atom stereocenters. The Hall–Kier alpha value is -0.340. The summed E-state index contributed by atoms with van der Waals surface area (Å²) in [6.45, 7) is 4.30. The minimum atomic E-state index is 0.211. The molecule has 0 amide bonds. The maximum atomic E-state index is 8.97. The van der Waals surface area contributed by atoms with E-state index in [9.17, 15) is 0 Å². The van der Waals surface area contributed by atoms with Gasteiger partial charge in [0.05, 0.1) is 0 Å². The summed E-state index contributed by atoms with van der Waals surface area (Å²) in [5, 5.41) is 8.97. The Morgan fingerprint density at radius 1 is 1.50 bits per heavy atom. The van der Waals surface area contributed by atoms with Gasteiger partial charge in [-0.05, 0) is 30.2 Å². The Morgan fingerprint density at radius 2 is 2.17 bits per heavy atom. The molecular weight excluding hydrogens is 216 g/mol. The lowest BCUT2D eigenvalue weighted by Gasteiger charge is -2.11. The highest BCUT2D eigenvalue weighted by molar-refractivity contribution is 9.10. The zero-order chi connectivity index (χ0) is 9.14. The zero-order valence-corrected chi connectivity index (χ0v) is 8.93. The van der Waals surface area contributed by atoms with Crippen molar-refractivity contribution in [2.75, 3.05) is 6.61 Å². The second-order valence-electron chi connectivity index (χ2n) is 3.08. The van der Waals surface area contributed by atoms with Crippen LogP contribution in [0.15, 0.2) is 22.7 Å². The van der Waals surface area contributed by atoms with E-state index in [1.165, 1.54) is 11.1 Å². The molecule has 0 bridgehead atoms. The number of benzene rings is 1. The van der Waals surface area contributed by atoms with Gasteiger partial charge >= 0.3 is 0 Å². The normalized spacial score (nSPS) is 13.0. The number of rotatable bonds is 2. The van der Waals surface area contributed by atoms with Gasteiger partial charge in [0.25, 0.3) is 0 Å². The van der Waals surface area contributed by atoms with Crippen LogP contribution in [-0.4, -0.2) is 11.7 Å². The van der Waals surface area contributed by atoms with Crippen molar-refractivity contribution in [2.45, 2.75) is 19.8 Å². The Bertz CT molecular complexity index is 271. The lowest BCUT2D eigenvalue weighted by molar-refractivity contribution is 0.272. The predicted molar refractivity (Wildman–Crippen MR) is 54.4 cm³/mol. The van der Waals surface area contributed by atoms with Gasteiger partial charge in [0.15, 0.2) is 0 Å². The van der Waals surface area contributed by atoms with Crippen LogP contribution < -0.4 is 0 Å². The van der Waals surface area contributed by atoms with E-state index in [0.29, 0.717) is 0 Å². The number of aliphatic hydroxyl groups is 1. The summed E-state index contributed by atoms with van der Waals surface area (Å²) < 4.78 is 1.09. The van der Waals surface area contributed by atoms with Crippen molar-refractivity contribution in [2.24, 2.45) is 0 Å². The molecule has 0 aliphatic carbocycles. The molecule has 1 aromatic rings. The Balaban J connectivity index is 3.01. The Kier molecular flexibility index (Phi) is 3.29. The number of hydrogen-bond donors (Lipinski definition) is 1. The molecule has 0 saturated carbocycles. The Labute approximate surface area is 81.6 Å². The first-order chi connectivity index (χ1) is 5.65. The molecule has 1 atom stereocenters. The van der Waals surface area contributed by atoms with Crippen LogP contribution in [0, 0.1) is 6.92 Å². The van der Waals surface area contributed by atoms with E-state index in [4.69, 9.17) is 5.11 Å². The van der Waals surface area contributed by atoms with Crippen molar-refractivity contribution in [3.8, 4) is 0 Å². The molecule has 1 aromatic carbocycles. The van der Waals surface area contributed by atoms with Crippen LogP contribution in [0.4, 0.5) is 0 Å². The number of halogens is 1. The van der Waals surface area contributed by atoms with E-state index < -0.39 is 0 Å². The van der Waals surface area contributed by atoms with Crippen LogP contribution in [0.3, 0.4) is 0 Å². The molecule has 1 nitrogen and oxygen atoms in total. The first kappa shape index (κ1) is 9.75. The van der Waals surface area contributed by atoms with Crippen LogP contribution in [0.1, 0.15) is 24.0 Å². The molecule has 0 spiro atoms. The number of aryl methyl sites for hydroxylation is 1.